The lowest BCUT2D eigenvalue weighted by Crippen LogP contribution is -2.56. The van der Waals surface area contributed by atoms with Gasteiger partial charge in [-0.05, 0) is 40.0 Å². The number of hydrogen-bond donors (Lipinski definition) is 2. The highest BCUT2D eigenvalue weighted by atomic mass is 19.4. The Labute approximate surface area is 117 Å². The Morgan fingerprint density at radius 2 is 1.95 bits per heavy atom. The Kier molecular flexibility index (Phi) is 5.43. The van der Waals surface area contributed by atoms with Crippen LogP contribution in [0, 0.1) is 0 Å². The average molecular weight is 295 g/mol. The zero-order valence-corrected chi connectivity index (χ0v) is 12.3. The minimum atomic E-state index is -4.24. The average Bonchev–Trinajstić information content (AvgIpc) is 3.06. The molecule has 1 fully saturated rings. The highest BCUT2D eigenvalue weighted by Gasteiger charge is 2.38. The number of alkyl halides is 3. The summed E-state index contributed by atoms with van der Waals surface area (Å²) in [6.45, 7) is 4.29. The highest BCUT2D eigenvalue weighted by molar-refractivity contribution is 5.84. The lowest BCUT2D eigenvalue weighted by molar-refractivity contribution is -0.150. The molecule has 0 aliphatic heterocycles. The Hall–Kier alpha value is -0.820. The SMILES string of the molecule is CC(C)N(CCC(C)(NC1CC1)C(N)=O)CC(F)(F)F. The molecule has 0 radical (unpaired) electrons. The molecule has 118 valence electrons. The smallest absolute Gasteiger partial charge is 0.368 e. The first kappa shape index (κ1) is 17.2. The van der Waals surface area contributed by atoms with E-state index in [0.29, 0.717) is 0 Å². The van der Waals surface area contributed by atoms with Crippen molar-refractivity contribution in [2.45, 2.75) is 63.8 Å². The molecule has 1 aliphatic rings. The third kappa shape index (κ3) is 5.66. The van der Waals surface area contributed by atoms with Gasteiger partial charge in [0.1, 0.15) is 0 Å². The first-order chi connectivity index (χ1) is 9.03. The first-order valence-corrected chi connectivity index (χ1v) is 6.92. The van der Waals surface area contributed by atoms with Gasteiger partial charge in [-0.1, -0.05) is 0 Å². The lowest BCUT2D eigenvalue weighted by atomic mass is 9.96. The van der Waals surface area contributed by atoms with Crippen LogP contribution in [0.5, 0.6) is 0 Å². The van der Waals surface area contributed by atoms with E-state index < -0.39 is 24.2 Å². The molecule has 0 aromatic carbocycles. The van der Waals surface area contributed by atoms with Gasteiger partial charge in [-0.2, -0.15) is 13.2 Å². The maximum atomic E-state index is 12.5. The Bertz CT molecular complexity index is 342. The summed E-state index contributed by atoms with van der Waals surface area (Å²) in [7, 11) is 0. The van der Waals surface area contributed by atoms with Gasteiger partial charge < -0.3 is 11.1 Å². The topological polar surface area (TPSA) is 58.4 Å². The summed E-state index contributed by atoms with van der Waals surface area (Å²) in [6.07, 6.45) is -2.00. The van der Waals surface area contributed by atoms with Gasteiger partial charge in [0, 0.05) is 18.6 Å². The fraction of sp³-hybridized carbons (Fsp3) is 0.923. The predicted octanol–water partition coefficient (Wildman–Crippen LogP) is 1.65. The summed E-state index contributed by atoms with van der Waals surface area (Å²) in [5, 5.41) is 3.14. The molecule has 1 atom stereocenters. The van der Waals surface area contributed by atoms with Crippen LogP contribution in [0.3, 0.4) is 0 Å². The van der Waals surface area contributed by atoms with Crippen LogP contribution in [0.25, 0.3) is 0 Å². The largest absolute Gasteiger partial charge is 0.401 e. The van der Waals surface area contributed by atoms with Gasteiger partial charge >= 0.3 is 6.18 Å². The fourth-order valence-corrected chi connectivity index (χ4v) is 2.06. The van der Waals surface area contributed by atoms with Crippen molar-refractivity contribution in [3.63, 3.8) is 0 Å². The number of hydrogen-bond acceptors (Lipinski definition) is 3. The van der Waals surface area contributed by atoms with Crippen molar-refractivity contribution < 1.29 is 18.0 Å². The molecule has 0 heterocycles. The van der Waals surface area contributed by atoms with Crippen molar-refractivity contribution in [3.8, 4) is 0 Å². The molecule has 0 saturated heterocycles. The van der Waals surface area contributed by atoms with E-state index in [4.69, 9.17) is 5.73 Å². The van der Waals surface area contributed by atoms with Crippen molar-refractivity contribution in [3.05, 3.63) is 0 Å². The molecule has 20 heavy (non-hydrogen) atoms. The van der Waals surface area contributed by atoms with Gasteiger partial charge in [0.2, 0.25) is 5.91 Å². The third-order valence-corrected chi connectivity index (χ3v) is 3.66. The van der Waals surface area contributed by atoms with Gasteiger partial charge in [0.25, 0.3) is 0 Å². The quantitative estimate of drug-likeness (QED) is 0.716. The predicted molar refractivity (Wildman–Crippen MR) is 71.1 cm³/mol. The molecular formula is C13H24F3N3O. The molecule has 4 nitrogen and oxygen atoms in total. The van der Waals surface area contributed by atoms with Gasteiger partial charge in [-0.15, -0.1) is 0 Å². The normalized spacial score (nSPS) is 19.4. The highest BCUT2D eigenvalue weighted by Crippen LogP contribution is 2.25. The molecule has 1 amide bonds. The van der Waals surface area contributed by atoms with E-state index in [1.54, 1.807) is 20.8 Å². The minimum Gasteiger partial charge on any atom is -0.368 e. The summed E-state index contributed by atoms with van der Waals surface area (Å²) in [5.74, 6) is -0.514. The van der Waals surface area contributed by atoms with E-state index in [1.165, 1.54) is 4.90 Å². The van der Waals surface area contributed by atoms with E-state index in [0.717, 1.165) is 12.8 Å². The van der Waals surface area contributed by atoms with Crippen LogP contribution in [0.15, 0.2) is 0 Å². The van der Waals surface area contributed by atoms with Crippen molar-refractivity contribution in [2.24, 2.45) is 5.73 Å². The standard InChI is InChI=1S/C13H24F3N3O/c1-9(2)19(8-13(14,15)16)7-6-12(3,11(17)20)18-10-4-5-10/h9-10,18H,4-8H2,1-3H3,(H2,17,20). The van der Waals surface area contributed by atoms with Gasteiger partial charge in [-0.3, -0.25) is 9.69 Å². The molecule has 1 saturated carbocycles. The van der Waals surface area contributed by atoms with Crippen LogP contribution in [0.1, 0.15) is 40.0 Å². The molecule has 1 rings (SSSR count). The second-order valence-electron chi connectivity index (χ2n) is 6.04. The number of primary amides is 1. The summed E-state index contributed by atoms with van der Waals surface area (Å²) >= 11 is 0. The number of amides is 1. The zero-order chi connectivity index (χ0) is 15.6. The molecule has 0 aromatic heterocycles. The second kappa shape index (κ2) is 6.30. The molecule has 0 aromatic rings. The minimum absolute atomic E-state index is 0.177. The van der Waals surface area contributed by atoms with Crippen molar-refractivity contribution in [1.82, 2.24) is 10.2 Å². The van der Waals surface area contributed by atoms with Crippen LogP contribution < -0.4 is 11.1 Å². The van der Waals surface area contributed by atoms with E-state index in [1.807, 2.05) is 0 Å². The third-order valence-electron chi connectivity index (χ3n) is 3.66. The van der Waals surface area contributed by atoms with Crippen molar-refractivity contribution >= 4 is 5.91 Å². The lowest BCUT2D eigenvalue weighted by Gasteiger charge is -2.33. The Balaban J connectivity index is 2.60. The van der Waals surface area contributed by atoms with E-state index >= 15 is 0 Å². The van der Waals surface area contributed by atoms with E-state index in [9.17, 15) is 18.0 Å². The number of nitrogens with one attached hydrogen (secondary N) is 1. The Morgan fingerprint density at radius 1 is 1.40 bits per heavy atom. The number of carbonyl (C=O) groups is 1. The van der Waals surface area contributed by atoms with E-state index in [-0.39, 0.29) is 25.0 Å². The second-order valence-corrected chi connectivity index (χ2v) is 6.04. The zero-order valence-electron chi connectivity index (χ0n) is 12.3. The summed E-state index contributed by atoms with van der Waals surface area (Å²) in [6, 6.07) is 0.0253. The first-order valence-electron chi connectivity index (χ1n) is 6.92. The van der Waals surface area contributed by atoms with E-state index in [2.05, 4.69) is 5.32 Å². The molecule has 1 unspecified atom stereocenters. The number of carbonyl (C=O) groups excluding carboxylic acids is 1. The molecule has 1 aliphatic carbocycles. The summed E-state index contributed by atoms with van der Waals surface area (Å²) < 4.78 is 37.5. The van der Waals surface area contributed by atoms with Crippen LogP contribution in [-0.2, 0) is 4.79 Å². The van der Waals surface area contributed by atoms with Gasteiger partial charge in [0.05, 0.1) is 12.1 Å². The number of nitrogens with zero attached hydrogens (tertiary/aromatic N) is 1. The van der Waals surface area contributed by atoms with Crippen molar-refractivity contribution in [2.75, 3.05) is 13.1 Å². The number of nitrogens with two attached hydrogens (primary N) is 1. The molecular weight excluding hydrogens is 271 g/mol. The van der Waals surface area contributed by atoms with Crippen molar-refractivity contribution in [1.29, 1.82) is 0 Å². The van der Waals surface area contributed by atoms with Crippen LogP contribution in [0.4, 0.5) is 13.2 Å². The molecule has 0 spiro atoms. The van der Waals surface area contributed by atoms with Crippen LogP contribution >= 0.6 is 0 Å². The maximum Gasteiger partial charge on any atom is 0.401 e. The number of rotatable bonds is 8. The molecule has 3 N–H and O–H groups in total. The Morgan fingerprint density at radius 3 is 2.30 bits per heavy atom. The number of halogens is 3. The molecule has 0 bridgehead atoms. The maximum absolute atomic E-state index is 12.5. The van der Waals surface area contributed by atoms with Crippen LogP contribution in [-0.4, -0.2) is 47.7 Å². The van der Waals surface area contributed by atoms with Gasteiger partial charge in [-0.25, -0.2) is 0 Å². The van der Waals surface area contributed by atoms with Crippen LogP contribution in [0.2, 0.25) is 0 Å². The summed E-state index contributed by atoms with van der Waals surface area (Å²) in [5.41, 5.74) is 4.45. The van der Waals surface area contributed by atoms with Gasteiger partial charge in [0.15, 0.2) is 0 Å². The monoisotopic (exact) mass is 295 g/mol. The summed E-state index contributed by atoms with van der Waals surface area (Å²) in [4.78, 5) is 12.9. The fourth-order valence-electron chi connectivity index (χ4n) is 2.06. The molecule has 7 heteroatoms.